The summed E-state index contributed by atoms with van der Waals surface area (Å²) in [6, 6.07) is 21.0. The number of nitrogens with one attached hydrogen (secondary N) is 2. The van der Waals surface area contributed by atoms with Crippen LogP contribution in [0.15, 0.2) is 77.9 Å². The number of methoxy groups -OCH3 is 2. The van der Waals surface area contributed by atoms with Gasteiger partial charge in [0.1, 0.15) is 29.9 Å². The van der Waals surface area contributed by atoms with E-state index < -0.39 is 11.9 Å². The molecule has 0 aliphatic carbocycles. The van der Waals surface area contributed by atoms with E-state index in [4.69, 9.17) is 14.2 Å². The minimum absolute atomic E-state index is 0.135. The Morgan fingerprint density at radius 2 is 1.39 bits per heavy atom. The second kappa shape index (κ2) is 12.9. The lowest BCUT2D eigenvalue weighted by atomic mass is 10.0. The fraction of sp³-hybridized carbons (Fsp3) is 0.250. The average Bonchev–Trinajstić information content (AvgIpc) is 2.91. The summed E-state index contributed by atoms with van der Waals surface area (Å²) >= 11 is 0. The molecule has 0 fully saturated rings. The number of carbonyl (C=O) groups excluding carboxylic acids is 2. The van der Waals surface area contributed by atoms with Crippen LogP contribution in [-0.2, 0) is 11.4 Å². The van der Waals surface area contributed by atoms with Crippen LogP contribution in [0.2, 0.25) is 0 Å². The van der Waals surface area contributed by atoms with Crippen molar-refractivity contribution >= 4 is 18.0 Å². The van der Waals surface area contributed by atoms with E-state index in [1.165, 1.54) is 6.21 Å². The number of hydrogen-bond acceptors (Lipinski definition) is 6. The number of carbonyl (C=O) groups is 2. The third kappa shape index (κ3) is 7.59. The number of nitrogens with zero attached hydrogens (tertiary/aromatic N) is 1. The van der Waals surface area contributed by atoms with Gasteiger partial charge >= 0.3 is 0 Å². The monoisotopic (exact) mass is 489 g/mol. The number of rotatable bonds is 11. The van der Waals surface area contributed by atoms with Crippen molar-refractivity contribution in [3.05, 3.63) is 89.5 Å². The summed E-state index contributed by atoms with van der Waals surface area (Å²) in [5, 5.41) is 6.81. The van der Waals surface area contributed by atoms with Crippen molar-refractivity contribution in [2.75, 3.05) is 14.2 Å². The molecule has 2 N–H and O–H groups in total. The SMILES string of the molecule is COc1ccc(COc2ccc(C=NNC(=O)C(NC(=O)c3ccc(OC)cc3)C(C)C)cc2)cc1. The van der Waals surface area contributed by atoms with Crippen LogP contribution in [0, 0.1) is 5.92 Å². The van der Waals surface area contributed by atoms with Crippen LogP contribution in [0.1, 0.15) is 35.3 Å². The summed E-state index contributed by atoms with van der Waals surface area (Å²) < 4.78 is 16.1. The van der Waals surface area contributed by atoms with E-state index >= 15 is 0 Å². The highest BCUT2D eigenvalue weighted by atomic mass is 16.5. The number of amides is 2. The number of hydrazone groups is 1. The Hall–Kier alpha value is -4.33. The minimum Gasteiger partial charge on any atom is -0.497 e. The third-order valence-electron chi connectivity index (χ3n) is 5.42. The molecule has 1 atom stereocenters. The van der Waals surface area contributed by atoms with E-state index in [2.05, 4.69) is 15.8 Å². The zero-order valence-corrected chi connectivity index (χ0v) is 20.9. The molecule has 0 aliphatic rings. The van der Waals surface area contributed by atoms with Gasteiger partial charge in [-0.15, -0.1) is 0 Å². The molecule has 188 valence electrons. The van der Waals surface area contributed by atoms with E-state index in [0.717, 1.165) is 16.9 Å². The van der Waals surface area contributed by atoms with E-state index in [1.54, 1.807) is 38.5 Å². The first-order valence-electron chi connectivity index (χ1n) is 11.5. The maximum atomic E-state index is 12.7. The van der Waals surface area contributed by atoms with E-state index in [9.17, 15) is 9.59 Å². The number of benzene rings is 3. The molecular formula is C28H31N3O5. The second-order valence-corrected chi connectivity index (χ2v) is 8.36. The summed E-state index contributed by atoms with van der Waals surface area (Å²) in [4.78, 5) is 25.2. The summed E-state index contributed by atoms with van der Waals surface area (Å²) in [5.74, 6) is 1.28. The maximum Gasteiger partial charge on any atom is 0.262 e. The van der Waals surface area contributed by atoms with Crippen LogP contribution in [0.5, 0.6) is 17.2 Å². The van der Waals surface area contributed by atoms with Gasteiger partial charge in [-0.05, 0) is 77.7 Å². The first-order valence-corrected chi connectivity index (χ1v) is 11.5. The predicted molar refractivity (Wildman–Crippen MR) is 139 cm³/mol. The van der Waals surface area contributed by atoms with Crippen LogP contribution in [0.25, 0.3) is 0 Å². The van der Waals surface area contributed by atoms with Crippen molar-refractivity contribution in [1.29, 1.82) is 0 Å². The zero-order chi connectivity index (χ0) is 25.9. The molecule has 0 saturated heterocycles. The Morgan fingerprint density at radius 3 is 1.94 bits per heavy atom. The van der Waals surface area contributed by atoms with E-state index in [1.807, 2.05) is 62.4 Å². The van der Waals surface area contributed by atoms with Crippen LogP contribution in [-0.4, -0.2) is 38.3 Å². The first kappa shape index (κ1) is 26.3. The lowest BCUT2D eigenvalue weighted by molar-refractivity contribution is -0.123. The van der Waals surface area contributed by atoms with Crippen molar-refractivity contribution in [2.45, 2.75) is 26.5 Å². The van der Waals surface area contributed by atoms with Crippen molar-refractivity contribution in [3.63, 3.8) is 0 Å². The van der Waals surface area contributed by atoms with E-state index in [0.29, 0.717) is 23.7 Å². The highest BCUT2D eigenvalue weighted by Gasteiger charge is 2.24. The Bertz CT molecular complexity index is 1160. The molecule has 2 amide bonds. The molecular weight excluding hydrogens is 458 g/mol. The molecule has 3 aromatic rings. The maximum absolute atomic E-state index is 12.7. The summed E-state index contributed by atoms with van der Waals surface area (Å²) in [7, 11) is 3.19. The molecule has 3 aromatic carbocycles. The van der Waals surface area contributed by atoms with Crippen molar-refractivity contribution < 1.29 is 23.8 Å². The molecule has 8 heteroatoms. The van der Waals surface area contributed by atoms with E-state index in [-0.39, 0.29) is 11.8 Å². The Kier molecular flexibility index (Phi) is 9.45. The first-order chi connectivity index (χ1) is 17.4. The van der Waals surface area contributed by atoms with Crippen LogP contribution in [0.3, 0.4) is 0 Å². The topological polar surface area (TPSA) is 98.3 Å². The molecule has 0 radical (unpaired) electrons. The van der Waals surface area contributed by atoms with Gasteiger partial charge in [-0.3, -0.25) is 9.59 Å². The highest BCUT2D eigenvalue weighted by Crippen LogP contribution is 2.16. The largest absolute Gasteiger partial charge is 0.497 e. The summed E-state index contributed by atoms with van der Waals surface area (Å²) in [6.07, 6.45) is 1.54. The summed E-state index contributed by atoms with van der Waals surface area (Å²) in [6.45, 7) is 4.15. The Labute approximate surface area is 211 Å². The van der Waals surface area contributed by atoms with Gasteiger partial charge in [0.15, 0.2) is 0 Å². The smallest absolute Gasteiger partial charge is 0.262 e. The van der Waals surface area contributed by atoms with Gasteiger partial charge in [-0.25, -0.2) is 5.43 Å². The normalized spacial score (nSPS) is 11.7. The quantitative estimate of drug-likeness (QED) is 0.311. The standard InChI is InChI=1S/C28H31N3O5/c1-19(2)26(30-27(32)22-9-15-24(35-4)16-10-22)28(33)31-29-17-20-5-13-25(14-6-20)36-18-21-7-11-23(34-3)12-8-21/h5-17,19,26H,18H2,1-4H3,(H,30,32)(H,31,33). The minimum atomic E-state index is -0.745. The average molecular weight is 490 g/mol. The second-order valence-electron chi connectivity index (χ2n) is 8.36. The molecule has 3 rings (SSSR count). The molecule has 8 nitrogen and oxygen atoms in total. The molecule has 0 spiro atoms. The van der Waals surface area contributed by atoms with Crippen molar-refractivity contribution in [2.24, 2.45) is 11.0 Å². The molecule has 1 unspecified atom stereocenters. The predicted octanol–water partition coefficient (Wildman–Crippen LogP) is 4.19. The molecule has 0 aliphatic heterocycles. The van der Waals surface area contributed by atoms with Gasteiger partial charge in [0.25, 0.3) is 11.8 Å². The Morgan fingerprint density at radius 1 is 0.833 bits per heavy atom. The van der Waals surface area contributed by atoms with Gasteiger partial charge in [-0.2, -0.15) is 5.10 Å². The van der Waals surface area contributed by atoms with Gasteiger partial charge in [-0.1, -0.05) is 26.0 Å². The lowest BCUT2D eigenvalue weighted by Gasteiger charge is -2.20. The van der Waals surface area contributed by atoms with Gasteiger partial charge in [0.2, 0.25) is 0 Å². The molecule has 0 saturated carbocycles. The van der Waals surface area contributed by atoms with Gasteiger partial charge in [0, 0.05) is 5.56 Å². The lowest BCUT2D eigenvalue weighted by Crippen LogP contribution is -2.48. The molecule has 0 aromatic heterocycles. The zero-order valence-electron chi connectivity index (χ0n) is 20.9. The Balaban J connectivity index is 1.51. The third-order valence-corrected chi connectivity index (χ3v) is 5.42. The molecule has 36 heavy (non-hydrogen) atoms. The fourth-order valence-electron chi connectivity index (χ4n) is 3.28. The fourth-order valence-corrected chi connectivity index (χ4v) is 3.28. The van der Waals surface area contributed by atoms with Crippen LogP contribution < -0.4 is 25.0 Å². The molecule has 0 heterocycles. The molecule has 0 bridgehead atoms. The number of hydrogen-bond donors (Lipinski definition) is 2. The summed E-state index contributed by atoms with van der Waals surface area (Å²) in [5.41, 5.74) is 4.77. The van der Waals surface area contributed by atoms with Crippen molar-refractivity contribution in [3.8, 4) is 17.2 Å². The van der Waals surface area contributed by atoms with Gasteiger partial charge in [0.05, 0.1) is 20.4 Å². The number of ether oxygens (including phenoxy) is 3. The van der Waals surface area contributed by atoms with Crippen LogP contribution in [0.4, 0.5) is 0 Å². The van der Waals surface area contributed by atoms with Crippen molar-refractivity contribution in [1.82, 2.24) is 10.7 Å². The highest BCUT2D eigenvalue weighted by molar-refractivity contribution is 5.97. The van der Waals surface area contributed by atoms with Crippen LogP contribution >= 0.6 is 0 Å². The van der Waals surface area contributed by atoms with Gasteiger partial charge < -0.3 is 19.5 Å².